The first-order valence-corrected chi connectivity index (χ1v) is 5.93. The van der Waals surface area contributed by atoms with Crippen molar-refractivity contribution in [3.05, 3.63) is 0 Å². The SMILES string of the molecule is Cl.Cl[C@H]1[C@H](Cl)[C@@H](Cl)[C@@H](Cl)[C@H](Cl)[C@H]1Cl.[Co]. The summed E-state index contributed by atoms with van der Waals surface area (Å²) in [5.74, 6) is 0. The van der Waals surface area contributed by atoms with Crippen molar-refractivity contribution >= 4 is 82.0 Å². The maximum absolute atomic E-state index is 5.88. The van der Waals surface area contributed by atoms with E-state index in [1.165, 1.54) is 0 Å². The van der Waals surface area contributed by atoms with Crippen LogP contribution in [0.15, 0.2) is 0 Å². The average Bonchev–Trinajstić information content (AvgIpc) is 2.08. The summed E-state index contributed by atoms with van der Waals surface area (Å²) in [6.45, 7) is 0. The molecule has 0 aromatic heterocycles. The Balaban J connectivity index is 0. The molecule has 14 heavy (non-hydrogen) atoms. The summed E-state index contributed by atoms with van der Waals surface area (Å²) < 4.78 is 0. The number of halogens is 7. The molecule has 0 aromatic carbocycles. The Morgan fingerprint density at radius 3 is 0.571 bits per heavy atom. The zero-order valence-corrected chi connectivity index (χ0v) is 12.9. The minimum absolute atomic E-state index is 0. The number of rotatable bonds is 0. The predicted molar refractivity (Wildman–Crippen MR) is 65.1 cm³/mol. The fourth-order valence-corrected chi connectivity index (χ4v) is 3.38. The summed E-state index contributed by atoms with van der Waals surface area (Å²) in [5, 5.41) is -2.62. The van der Waals surface area contributed by atoms with E-state index in [1.54, 1.807) is 0 Å². The Labute approximate surface area is 130 Å². The van der Waals surface area contributed by atoms with Gasteiger partial charge < -0.3 is 0 Å². The van der Waals surface area contributed by atoms with Crippen molar-refractivity contribution in [3.8, 4) is 0 Å². The molecule has 1 rings (SSSR count). The molecule has 8 heteroatoms. The third-order valence-corrected chi connectivity index (χ3v) is 5.86. The van der Waals surface area contributed by atoms with Crippen LogP contribution in [-0.4, -0.2) is 32.3 Å². The van der Waals surface area contributed by atoms with Crippen LogP contribution in [0.4, 0.5) is 0 Å². The zero-order valence-electron chi connectivity index (χ0n) is 6.47. The topological polar surface area (TPSA) is 0 Å². The van der Waals surface area contributed by atoms with Crippen molar-refractivity contribution in [1.82, 2.24) is 0 Å². The number of alkyl halides is 6. The van der Waals surface area contributed by atoms with E-state index < -0.39 is 32.3 Å². The van der Waals surface area contributed by atoms with Gasteiger partial charge in [0.05, 0.1) is 32.3 Å². The minimum Gasteiger partial charge on any atom is -0.147 e. The number of hydrogen-bond donors (Lipinski definition) is 0. The first-order valence-electron chi connectivity index (χ1n) is 3.31. The van der Waals surface area contributed by atoms with Crippen LogP contribution in [0.3, 0.4) is 0 Å². The third-order valence-electron chi connectivity index (χ3n) is 1.83. The van der Waals surface area contributed by atoms with Gasteiger partial charge in [-0.2, -0.15) is 0 Å². The first-order chi connectivity index (χ1) is 5.46. The van der Waals surface area contributed by atoms with Crippen molar-refractivity contribution in [3.63, 3.8) is 0 Å². The van der Waals surface area contributed by atoms with Crippen LogP contribution in [0.25, 0.3) is 0 Å². The van der Waals surface area contributed by atoms with E-state index in [9.17, 15) is 0 Å². The predicted octanol–water partition coefficient (Wildman–Crippen LogP) is 4.06. The Hall–Kier alpha value is 2.54. The first kappa shape index (κ1) is 18.9. The van der Waals surface area contributed by atoms with E-state index in [2.05, 4.69) is 0 Å². The molecule has 0 atom stereocenters. The normalized spacial score (nSPS) is 47.6. The van der Waals surface area contributed by atoms with Gasteiger partial charge in [-0.05, 0) is 0 Å². The van der Waals surface area contributed by atoms with Crippen LogP contribution in [0.2, 0.25) is 0 Å². The zero-order chi connectivity index (χ0) is 9.46. The molecular weight excluding hydrogens is 379 g/mol. The van der Waals surface area contributed by atoms with Gasteiger partial charge in [0, 0.05) is 16.8 Å². The van der Waals surface area contributed by atoms with Gasteiger partial charge in [-0.25, -0.2) is 0 Å². The molecule has 0 N–H and O–H groups in total. The fraction of sp³-hybridized carbons (Fsp3) is 1.00. The van der Waals surface area contributed by atoms with Crippen molar-refractivity contribution in [2.75, 3.05) is 0 Å². The molecule has 1 fully saturated rings. The maximum atomic E-state index is 5.88. The van der Waals surface area contributed by atoms with Crippen LogP contribution in [-0.2, 0) is 16.8 Å². The molecule has 0 aromatic rings. The van der Waals surface area contributed by atoms with Crippen molar-refractivity contribution in [2.24, 2.45) is 0 Å². The van der Waals surface area contributed by atoms with Gasteiger partial charge in [0.2, 0.25) is 0 Å². The molecule has 0 unspecified atom stereocenters. The summed E-state index contributed by atoms with van der Waals surface area (Å²) >= 11 is 35.3. The van der Waals surface area contributed by atoms with E-state index >= 15 is 0 Å². The maximum Gasteiger partial charge on any atom is 0.0693 e. The van der Waals surface area contributed by atoms with Gasteiger partial charge in [0.1, 0.15) is 0 Å². The minimum atomic E-state index is -0.437. The second-order valence-corrected chi connectivity index (χ2v) is 5.69. The van der Waals surface area contributed by atoms with Crippen molar-refractivity contribution in [2.45, 2.75) is 32.3 Å². The van der Waals surface area contributed by atoms with Crippen LogP contribution in [0.1, 0.15) is 0 Å². The molecule has 1 aliphatic carbocycles. The van der Waals surface area contributed by atoms with Crippen molar-refractivity contribution in [1.29, 1.82) is 0 Å². The molecule has 89 valence electrons. The summed E-state index contributed by atoms with van der Waals surface area (Å²) in [6.07, 6.45) is 0. The molecule has 0 heterocycles. The monoisotopic (exact) mass is 383 g/mol. The summed E-state index contributed by atoms with van der Waals surface area (Å²) in [6, 6.07) is 0. The Kier molecular flexibility index (Phi) is 10.5. The standard InChI is InChI=1S/C6H6Cl6.ClH.Co/c7-1-2(8)4(10)6(12)5(11)3(1)9;;/h1-6H;1H;/t1-,2-,3-,4+,5+,6+;;. The molecule has 0 spiro atoms. The largest absolute Gasteiger partial charge is 0.147 e. The van der Waals surface area contributed by atoms with Crippen LogP contribution >= 0.6 is 82.0 Å². The van der Waals surface area contributed by atoms with E-state index in [0.29, 0.717) is 0 Å². The molecule has 1 aliphatic rings. The van der Waals surface area contributed by atoms with Gasteiger partial charge in [0.15, 0.2) is 0 Å². The van der Waals surface area contributed by atoms with Gasteiger partial charge in [-0.3, -0.25) is 0 Å². The second-order valence-electron chi connectivity index (χ2n) is 2.67. The van der Waals surface area contributed by atoms with E-state index in [0.717, 1.165) is 0 Å². The van der Waals surface area contributed by atoms with Gasteiger partial charge in [-0.1, -0.05) is 0 Å². The Bertz CT molecular complexity index is 110. The molecule has 1 saturated carbocycles. The second kappa shape index (κ2) is 7.78. The quantitative estimate of drug-likeness (QED) is 0.551. The van der Waals surface area contributed by atoms with E-state index in [-0.39, 0.29) is 29.2 Å². The van der Waals surface area contributed by atoms with E-state index in [1.807, 2.05) is 0 Å². The Morgan fingerprint density at radius 1 is 0.429 bits per heavy atom. The smallest absolute Gasteiger partial charge is 0.0693 e. The summed E-state index contributed by atoms with van der Waals surface area (Å²) in [4.78, 5) is 0. The molecule has 0 saturated heterocycles. The third kappa shape index (κ3) is 3.78. The van der Waals surface area contributed by atoms with Crippen LogP contribution < -0.4 is 0 Å². The van der Waals surface area contributed by atoms with Crippen LogP contribution in [0.5, 0.6) is 0 Å². The molecule has 0 bridgehead atoms. The fourth-order valence-electron chi connectivity index (χ4n) is 1.05. The summed E-state index contributed by atoms with van der Waals surface area (Å²) in [7, 11) is 0. The molecule has 0 nitrogen and oxygen atoms in total. The van der Waals surface area contributed by atoms with Gasteiger partial charge in [0.25, 0.3) is 0 Å². The number of hydrogen-bond acceptors (Lipinski definition) is 0. The molecule has 0 aliphatic heterocycles. The average molecular weight is 386 g/mol. The summed E-state index contributed by atoms with van der Waals surface area (Å²) in [5.41, 5.74) is 0. The van der Waals surface area contributed by atoms with Gasteiger partial charge in [-0.15, -0.1) is 82.0 Å². The Morgan fingerprint density at radius 2 is 0.500 bits per heavy atom. The molecular formula is C6H7Cl7Co. The molecule has 1 radical (unpaired) electrons. The van der Waals surface area contributed by atoms with Crippen LogP contribution in [0, 0.1) is 0 Å². The van der Waals surface area contributed by atoms with Crippen molar-refractivity contribution < 1.29 is 16.8 Å². The van der Waals surface area contributed by atoms with E-state index in [4.69, 9.17) is 69.6 Å². The molecule has 0 amide bonds. The van der Waals surface area contributed by atoms with Gasteiger partial charge >= 0.3 is 0 Å².